The first-order chi connectivity index (χ1) is 3.80. The molecule has 0 atom stereocenters. The van der Waals surface area contributed by atoms with Gasteiger partial charge in [0.05, 0.1) is 0 Å². The van der Waals surface area contributed by atoms with Gasteiger partial charge in [-0.25, -0.2) is 0 Å². The average Bonchev–Trinajstić information content (AvgIpc) is 2.12. The maximum atomic E-state index is 10.3. The van der Waals surface area contributed by atoms with Crippen LogP contribution in [0.3, 0.4) is 0 Å². The van der Waals surface area contributed by atoms with Crippen LogP contribution in [0.15, 0.2) is 11.6 Å². The third-order valence-corrected chi connectivity index (χ3v) is 1.30. The summed E-state index contributed by atoms with van der Waals surface area (Å²) in [6, 6.07) is 0. The van der Waals surface area contributed by atoms with Crippen LogP contribution in [-0.2, 0) is 4.79 Å². The number of hydrogen-bond donors (Lipinski definition) is 1. The fraction of sp³-hybridized carbons (Fsp3) is 0.400. The van der Waals surface area contributed by atoms with Crippen LogP contribution >= 0.6 is 11.6 Å². The minimum Gasteiger partial charge on any atom is -0.309 e. The van der Waals surface area contributed by atoms with E-state index in [4.69, 9.17) is 11.6 Å². The molecule has 0 bridgehead atoms. The summed E-state index contributed by atoms with van der Waals surface area (Å²) in [4.78, 5) is 10.3. The number of rotatable bonds is 1. The van der Waals surface area contributed by atoms with E-state index in [-0.39, 0.29) is 5.24 Å². The van der Waals surface area contributed by atoms with Gasteiger partial charge in [-0.1, -0.05) is 6.08 Å². The number of carbonyl (C=O) groups excluding carboxylic acids is 1. The molecule has 1 N–H and O–H groups in total. The standard InChI is InChI=1S/C5H6ClNO/c6-5(8)4-1-2-7-3-4/h1,7H,2-3H2. The second kappa shape index (κ2) is 2.29. The van der Waals surface area contributed by atoms with E-state index in [1.807, 2.05) is 0 Å². The Balaban J connectivity index is 2.57. The van der Waals surface area contributed by atoms with Crippen LogP contribution < -0.4 is 5.32 Å². The van der Waals surface area contributed by atoms with Crippen molar-refractivity contribution in [1.82, 2.24) is 5.32 Å². The molecule has 8 heavy (non-hydrogen) atoms. The zero-order valence-corrected chi connectivity index (χ0v) is 5.03. The Morgan fingerprint density at radius 3 is 2.88 bits per heavy atom. The van der Waals surface area contributed by atoms with Crippen molar-refractivity contribution < 1.29 is 4.79 Å². The van der Waals surface area contributed by atoms with E-state index in [2.05, 4.69) is 5.32 Å². The van der Waals surface area contributed by atoms with E-state index in [0.717, 1.165) is 6.54 Å². The second-order valence-corrected chi connectivity index (χ2v) is 1.98. The predicted molar refractivity (Wildman–Crippen MR) is 31.8 cm³/mol. The average molecular weight is 132 g/mol. The zero-order chi connectivity index (χ0) is 5.98. The van der Waals surface area contributed by atoms with Crippen molar-refractivity contribution in [3.8, 4) is 0 Å². The predicted octanol–water partition coefficient (Wildman–Crippen LogP) is 0.281. The number of carbonyl (C=O) groups is 1. The molecule has 0 fully saturated rings. The SMILES string of the molecule is O=C(Cl)C1=CCNC1. The smallest absolute Gasteiger partial charge is 0.249 e. The van der Waals surface area contributed by atoms with Gasteiger partial charge in [-0.3, -0.25) is 4.79 Å². The Kier molecular flexibility index (Phi) is 1.65. The molecule has 44 valence electrons. The van der Waals surface area contributed by atoms with Gasteiger partial charge in [-0.05, 0) is 11.6 Å². The van der Waals surface area contributed by atoms with Crippen LogP contribution in [-0.4, -0.2) is 18.3 Å². The molecule has 0 aromatic rings. The summed E-state index contributed by atoms with van der Waals surface area (Å²) in [5.74, 6) is 0. The van der Waals surface area contributed by atoms with E-state index in [0.29, 0.717) is 12.1 Å². The highest BCUT2D eigenvalue weighted by Crippen LogP contribution is 2.01. The number of nitrogens with one attached hydrogen (secondary N) is 1. The van der Waals surface area contributed by atoms with Crippen molar-refractivity contribution in [2.24, 2.45) is 0 Å². The minimum atomic E-state index is -0.338. The maximum absolute atomic E-state index is 10.3. The molecule has 0 radical (unpaired) electrons. The summed E-state index contributed by atoms with van der Waals surface area (Å²) in [7, 11) is 0. The van der Waals surface area contributed by atoms with Crippen LogP contribution in [0, 0.1) is 0 Å². The lowest BCUT2D eigenvalue weighted by Gasteiger charge is -1.87. The maximum Gasteiger partial charge on any atom is 0.249 e. The summed E-state index contributed by atoms with van der Waals surface area (Å²) >= 11 is 5.14. The molecule has 0 saturated heterocycles. The summed E-state index contributed by atoms with van der Waals surface area (Å²) in [5.41, 5.74) is 0.687. The largest absolute Gasteiger partial charge is 0.309 e. The van der Waals surface area contributed by atoms with Crippen molar-refractivity contribution >= 4 is 16.8 Å². The Morgan fingerprint density at radius 1 is 1.88 bits per heavy atom. The van der Waals surface area contributed by atoms with Crippen LogP contribution in [0.4, 0.5) is 0 Å². The van der Waals surface area contributed by atoms with Crippen molar-refractivity contribution in [1.29, 1.82) is 0 Å². The third kappa shape index (κ3) is 1.08. The first kappa shape index (κ1) is 5.79. The van der Waals surface area contributed by atoms with Gasteiger partial charge in [-0.15, -0.1) is 0 Å². The Hall–Kier alpha value is -0.340. The summed E-state index contributed by atoms with van der Waals surface area (Å²) in [6.45, 7) is 1.40. The summed E-state index contributed by atoms with van der Waals surface area (Å²) in [6.07, 6.45) is 1.80. The molecular formula is C5H6ClNO. The van der Waals surface area contributed by atoms with Gasteiger partial charge >= 0.3 is 0 Å². The monoisotopic (exact) mass is 131 g/mol. The molecular weight excluding hydrogens is 126 g/mol. The van der Waals surface area contributed by atoms with Gasteiger partial charge in [-0.2, -0.15) is 0 Å². The van der Waals surface area contributed by atoms with Crippen LogP contribution in [0.1, 0.15) is 0 Å². The highest BCUT2D eigenvalue weighted by molar-refractivity contribution is 6.67. The summed E-state index contributed by atoms with van der Waals surface area (Å²) in [5, 5.41) is 2.62. The third-order valence-electron chi connectivity index (χ3n) is 1.06. The molecule has 0 unspecified atom stereocenters. The zero-order valence-electron chi connectivity index (χ0n) is 4.28. The molecule has 3 heteroatoms. The summed E-state index contributed by atoms with van der Waals surface area (Å²) < 4.78 is 0. The topological polar surface area (TPSA) is 29.1 Å². The molecule has 0 spiro atoms. The highest BCUT2D eigenvalue weighted by Gasteiger charge is 2.08. The normalized spacial score (nSPS) is 18.4. The lowest BCUT2D eigenvalue weighted by Crippen LogP contribution is -2.09. The fourth-order valence-electron chi connectivity index (χ4n) is 0.624. The molecule has 0 aromatic heterocycles. The molecule has 0 amide bonds. The Labute approximate surface area is 52.5 Å². The highest BCUT2D eigenvalue weighted by atomic mass is 35.5. The van der Waals surface area contributed by atoms with Crippen molar-refractivity contribution in [2.75, 3.05) is 13.1 Å². The van der Waals surface area contributed by atoms with Crippen LogP contribution in [0.25, 0.3) is 0 Å². The molecule has 0 aliphatic carbocycles. The van der Waals surface area contributed by atoms with Gasteiger partial charge in [0.15, 0.2) is 0 Å². The van der Waals surface area contributed by atoms with Gasteiger partial charge in [0.1, 0.15) is 0 Å². The van der Waals surface area contributed by atoms with Crippen LogP contribution in [0.5, 0.6) is 0 Å². The van der Waals surface area contributed by atoms with E-state index >= 15 is 0 Å². The minimum absolute atomic E-state index is 0.338. The van der Waals surface area contributed by atoms with Crippen molar-refractivity contribution in [3.63, 3.8) is 0 Å². The van der Waals surface area contributed by atoms with E-state index in [1.165, 1.54) is 0 Å². The van der Waals surface area contributed by atoms with Gasteiger partial charge in [0.25, 0.3) is 0 Å². The van der Waals surface area contributed by atoms with Gasteiger partial charge in [0, 0.05) is 18.7 Å². The van der Waals surface area contributed by atoms with Gasteiger partial charge < -0.3 is 5.32 Å². The first-order valence-electron chi connectivity index (χ1n) is 2.40. The fourth-order valence-corrected chi connectivity index (χ4v) is 0.768. The molecule has 1 rings (SSSR count). The van der Waals surface area contributed by atoms with Crippen molar-refractivity contribution in [3.05, 3.63) is 11.6 Å². The molecule has 2 nitrogen and oxygen atoms in total. The second-order valence-electron chi connectivity index (χ2n) is 1.63. The molecule has 0 saturated carbocycles. The first-order valence-corrected chi connectivity index (χ1v) is 2.78. The molecule has 1 aliphatic heterocycles. The van der Waals surface area contributed by atoms with E-state index in [9.17, 15) is 4.79 Å². The lowest BCUT2D eigenvalue weighted by atomic mass is 10.3. The Morgan fingerprint density at radius 2 is 2.62 bits per heavy atom. The Bertz CT molecular complexity index is 141. The van der Waals surface area contributed by atoms with Crippen LogP contribution in [0.2, 0.25) is 0 Å². The molecule has 1 heterocycles. The number of hydrogen-bond acceptors (Lipinski definition) is 2. The van der Waals surface area contributed by atoms with Gasteiger partial charge in [0.2, 0.25) is 5.24 Å². The molecule has 1 aliphatic rings. The quantitative estimate of drug-likeness (QED) is 0.518. The number of halogens is 1. The van der Waals surface area contributed by atoms with E-state index < -0.39 is 0 Å². The van der Waals surface area contributed by atoms with E-state index in [1.54, 1.807) is 6.08 Å². The van der Waals surface area contributed by atoms with Crippen molar-refractivity contribution in [2.45, 2.75) is 0 Å². The lowest BCUT2D eigenvalue weighted by molar-refractivity contribution is -0.108. The molecule has 0 aromatic carbocycles.